The van der Waals surface area contributed by atoms with Crippen molar-refractivity contribution in [2.75, 3.05) is 5.32 Å². The van der Waals surface area contributed by atoms with Gasteiger partial charge in [-0.05, 0) is 25.5 Å². The van der Waals surface area contributed by atoms with Gasteiger partial charge in [-0.15, -0.1) is 0 Å². The Bertz CT molecular complexity index is 423. The minimum Gasteiger partial charge on any atom is -0.480 e. The molecule has 0 bridgehead atoms. The molecule has 0 saturated carbocycles. The predicted octanol–water partition coefficient (Wildman–Crippen LogP) is 3.02. The van der Waals surface area contributed by atoms with E-state index in [2.05, 4.69) is 5.32 Å². The molecule has 2 N–H and O–H groups in total. The summed E-state index contributed by atoms with van der Waals surface area (Å²) < 4.78 is 26.4. The summed E-state index contributed by atoms with van der Waals surface area (Å²) in [6.45, 7) is 3.27. The van der Waals surface area contributed by atoms with Crippen LogP contribution in [0.25, 0.3) is 0 Å². The summed E-state index contributed by atoms with van der Waals surface area (Å²) in [7, 11) is 0. The molecule has 1 aromatic carbocycles. The summed E-state index contributed by atoms with van der Waals surface area (Å²) in [5, 5.41) is 11.7. The number of rotatable bonds is 5. The van der Waals surface area contributed by atoms with Crippen molar-refractivity contribution >= 4 is 11.7 Å². The number of carboxylic acids is 1. The lowest BCUT2D eigenvalue weighted by atomic mass is 9.96. The molecule has 0 radical (unpaired) electrons. The quantitative estimate of drug-likeness (QED) is 0.835. The number of hydrogen-bond acceptors (Lipinski definition) is 2. The minimum atomic E-state index is -1.30. The number of benzene rings is 1. The van der Waals surface area contributed by atoms with Crippen LogP contribution in [0.15, 0.2) is 18.2 Å². The van der Waals surface area contributed by atoms with Crippen molar-refractivity contribution in [2.24, 2.45) is 0 Å². The van der Waals surface area contributed by atoms with Crippen LogP contribution in [0.3, 0.4) is 0 Å². The Morgan fingerprint density at radius 2 is 2.12 bits per heavy atom. The van der Waals surface area contributed by atoms with Crippen molar-refractivity contribution in [3.05, 3.63) is 29.8 Å². The van der Waals surface area contributed by atoms with Crippen LogP contribution in [0.5, 0.6) is 0 Å². The van der Waals surface area contributed by atoms with Crippen LogP contribution in [0, 0.1) is 11.6 Å². The van der Waals surface area contributed by atoms with E-state index in [4.69, 9.17) is 5.11 Å². The van der Waals surface area contributed by atoms with Gasteiger partial charge in [0.1, 0.15) is 5.54 Å². The van der Waals surface area contributed by atoms with E-state index < -0.39 is 23.1 Å². The van der Waals surface area contributed by atoms with Crippen molar-refractivity contribution in [3.63, 3.8) is 0 Å². The fourth-order valence-corrected chi connectivity index (χ4v) is 1.62. The third-order valence-corrected chi connectivity index (χ3v) is 2.58. The molecule has 94 valence electrons. The first-order valence-corrected chi connectivity index (χ1v) is 5.36. The van der Waals surface area contributed by atoms with E-state index in [9.17, 15) is 13.6 Å². The van der Waals surface area contributed by atoms with E-state index in [1.807, 2.05) is 6.92 Å². The van der Waals surface area contributed by atoms with Gasteiger partial charge >= 0.3 is 5.97 Å². The number of carboxylic acid groups (broad SMARTS) is 1. The summed E-state index contributed by atoms with van der Waals surface area (Å²) in [5.41, 5.74) is -1.44. The van der Waals surface area contributed by atoms with Gasteiger partial charge in [-0.1, -0.05) is 19.4 Å². The van der Waals surface area contributed by atoms with Gasteiger partial charge in [-0.2, -0.15) is 0 Å². The van der Waals surface area contributed by atoms with Crippen LogP contribution >= 0.6 is 0 Å². The van der Waals surface area contributed by atoms with Gasteiger partial charge in [-0.3, -0.25) is 0 Å². The SMILES string of the molecule is CCCC(C)(Nc1cccc(F)c1F)C(=O)O. The van der Waals surface area contributed by atoms with Gasteiger partial charge in [0.05, 0.1) is 5.69 Å². The second kappa shape index (κ2) is 5.12. The normalized spacial score (nSPS) is 14.1. The first-order chi connectivity index (χ1) is 7.90. The largest absolute Gasteiger partial charge is 0.480 e. The highest BCUT2D eigenvalue weighted by atomic mass is 19.2. The molecule has 0 spiro atoms. The Morgan fingerprint density at radius 3 is 2.65 bits per heavy atom. The number of aliphatic carboxylic acids is 1. The number of halogens is 2. The lowest BCUT2D eigenvalue weighted by Gasteiger charge is -2.27. The van der Waals surface area contributed by atoms with Crippen molar-refractivity contribution in [1.82, 2.24) is 0 Å². The summed E-state index contributed by atoms with van der Waals surface area (Å²) >= 11 is 0. The summed E-state index contributed by atoms with van der Waals surface area (Å²) in [5.74, 6) is -3.15. The van der Waals surface area contributed by atoms with E-state index >= 15 is 0 Å². The van der Waals surface area contributed by atoms with Gasteiger partial charge < -0.3 is 10.4 Å². The molecule has 0 aromatic heterocycles. The second-order valence-corrected chi connectivity index (χ2v) is 4.11. The van der Waals surface area contributed by atoms with Crippen LogP contribution in [-0.4, -0.2) is 16.6 Å². The predicted molar refractivity (Wildman–Crippen MR) is 60.9 cm³/mol. The number of carbonyl (C=O) groups is 1. The van der Waals surface area contributed by atoms with E-state index in [1.165, 1.54) is 19.1 Å². The lowest BCUT2D eigenvalue weighted by Crippen LogP contribution is -2.43. The highest BCUT2D eigenvalue weighted by molar-refractivity contribution is 5.82. The summed E-state index contributed by atoms with van der Waals surface area (Å²) in [6, 6.07) is 3.63. The second-order valence-electron chi connectivity index (χ2n) is 4.11. The standard InChI is InChI=1S/C12H15F2NO2/c1-3-7-12(2,11(16)17)15-9-6-4-5-8(13)10(9)14/h4-6,15H,3,7H2,1-2H3,(H,16,17). The molecule has 0 aliphatic carbocycles. The molecule has 1 unspecified atom stereocenters. The third-order valence-electron chi connectivity index (χ3n) is 2.58. The zero-order chi connectivity index (χ0) is 13.1. The Hall–Kier alpha value is -1.65. The van der Waals surface area contributed by atoms with Gasteiger partial charge in [0.25, 0.3) is 0 Å². The maximum absolute atomic E-state index is 13.4. The monoisotopic (exact) mass is 243 g/mol. The number of anilines is 1. The maximum Gasteiger partial charge on any atom is 0.329 e. The Morgan fingerprint density at radius 1 is 1.47 bits per heavy atom. The van der Waals surface area contributed by atoms with Crippen molar-refractivity contribution in [1.29, 1.82) is 0 Å². The smallest absolute Gasteiger partial charge is 0.329 e. The Balaban J connectivity index is 3.02. The molecule has 0 fully saturated rings. The molecule has 5 heteroatoms. The maximum atomic E-state index is 13.4. The fourth-order valence-electron chi connectivity index (χ4n) is 1.62. The molecule has 1 rings (SSSR count). The van der Waals surface area contributed by atoms with Crippen molar-refractivity contribution in [2.45, 2.75) is 32.2 Å². The van der Waals surface area contributed by atoms with Crippen LogP contribution in [-0.2, 0) is 4.79 Å². The van der Waals surface area contributed by atoms with E-state index in [1.54, 1.807) is 0 Å². The molecule has 0 amide bonds. The molecular formula is C12H15F2NO2. The van der Waals surface area contributed by atoms with E-state index in [0.717, 1.165) is 6.07 Å². The zero-order valence-electron chi connectivity index (χ0n) is 9.76. The molecule has 0 saturated heterocycles. The van der Waals surface area contributed by atoms with Gasteiger partial charge in [-0.25, -0.2) is 13.6 Å². The third kappa shape index (κ3) is 2.93. The lowest BCUT2D eigenvalue weighted by molar-refractivity contribution is -0.142. The molecule has 1 atom stereocenters. The highest BCUT2D eigenvalue weighted by Crippen LogP contribution is 2.24. The summed E-state index contributed by atoms with van der Waals surface area (Å²) in [4.78, 5) is 11.1. The zero-order valence-corrected chi connectivity index (χ0v) is 9.76. The van der Waals surface area contributed by atoms with Gasteiger partial charge in [0.15, 0.2) is 11.6 Å². The average Bonchev–Trinajstić information content (AvgIpc) is 2.25. The molecule has 3 nitrogen and oxygen atoms in total. The average molecular weight is 243 g/mol. The van der Waals surface area contributed by atoms with Gasteiger partial charge in [0, 0.05) is 0 Å². The molecule has 0 aliphatic rings. The Labute approximate surface area is 98.5 Å². The van der Waals surface area contributed by atoms with Crippen molar-refractivity contribution in [3.8, 4) is 0 Å². The first kappa shape index (κ1) is 13.4. The highest BCUT2D eigenvalue weighted by Gasteiger charge is 2.32. The van der Waals surface area contributed by atoms with E-state index in [0.29, 0.717) is 12.8 Å². The molecular weight excluding hydrogens is 228 g/mol. The van der Waals surface area contributed by atoms with Crippen LogP contribution < -0.4 is 5.32 Å². The first-order valence-electron chi connectivity index (χ1n) is 5.36. The molecule has 0 aliphatic heterocycles. The molecule has 1 aromatic rings. The molecule has 0 heterocycles. The summed E-state index contributed by atoms with van der Waals surface area (Å²) in [6.07, 6.45) is 0.936. The van der Waals surface area contributed by atoms with Crippen LogP contribution in [0.4, 0.5) is 14.5 Å². The van der Waals surface area contributed by atoms with Gasteiger partial charge in [0.2, 0.25) is 0 Å². The number of hydrogen-bond donors (Lipinski definition) is 2. The van der Waals surface area contributed by atoms with Crippen LogP contribution in [0.2, 0.25) is 0 Å². The number of nitrogens with one attached hydrogen (secondary N) is 1. The van der Waals surface area contributed by atoms with Crippen molar-refractivity contribution < 1.29 is 18.7 Å². The van der Waals surface area contributed by atoms with E-state index in [-0.39, 0.29) is 5.69 Å². The topological polar surface area (TPSA) is 49.3 Å². The minimum absolute atomic E-state index is 0.136. The van der Waals surface area contributed by atoms with Crippen LogP contribution in [0.1, 0.15) is 26.7 Å². The fraction of sp³-hybridized carbons (Fsp3) is 0.417. The molecule has 17 heavy (non-hydrogen) atoms. The Kier molecular flexibility index (Phi) is 4.04.